The summed E-state index contributed by atoms with van der Waals surface area (Å²) in [5.41, 5.74) is 11.4. The van der Waals surface area contributed by atoms with Crippen molar-refractivity contribution in [3.63, 3.8) is 0 Å². The van der Waals surface area contributed by atoms with Gasteiger partial charge in [0.25, 0.3) is 0 Å². The number of sulfonamides is 1. The van der Waals surface area contributed by atoms with E-state index >= 15 is 0 Å². The van der Waals surface area contributed by atoms with Crippen molar-refractivity contribution in [2.24, 2.45) is 0 Å². The zero-order valence-corrected chi connectivity index (χ0v) is 16.0. The highest BCUT2D eigenvalue weighted by Crippen LogP contribution is 2.35. The standard InChI is InChI=1S/C19H19N3O2S2/c1-26(23,24)22-10-4-5-14-11-13(8-9-18(14)22)17-12-25-19(21-17)15-6-2-3-7-16(15)20/h2-3,6-9,11-12H,4-5,10,20H2,1H3. The fourth-order valence-electron chi connectivity index (χ4n) is 3.29. The van der Waals surface area contributed by atoms with Crippen molar-refractivity contribution in [3.05, 3.63) is 53.4 Å². The summed E-state index contributed by atoms with van der Waals surface area (Å²) < 4.78 is 25.5. The lowest BCUT2D eigenvalue weighted by atomic mass is 10.00. The third-order valence-electron chi connectivity index (χ3n) is 4.55. The molecular weight excluding hydrogens is 366 g/mol. The van der Waals surface area contributed by atoms with Crippen molar-refractivity contribution in [2.75, 3.05) is 22.8 Å². The second kappa shape index (κ2) is 6.41. The van der Waals surface area contributed by atoms with Crippen molar-refractivity contribution in [1.29, 1.82) is 0 Å². The van der Waals surface area contributed by atoms with Crippen LogP contribution in [-0.4, -0.2) is 26.2 Å². The van der Waals surface area contributed by atoms with Crippen molar-refractivity contribution < 1.29 is 8.42 Å². The van der Waals surface area contributed by atoms with Crippen LogP contribution in [0.15, 0.2) is 47.8 Å². The molecule has 5 nitrogen and oxygen atoms in total. The van der Waals surface area contributed by atoms with Crippen LogP contribution in [0.2, 0.25) is 0 Å². The first-order valence-electron chi connectivity index (χ1n) is 8.35. The Balaban J connectivity index is 1.71. The van der Waals surface area contributed by atoms with Crippen LogP contribution in [0.25, 0.3) is 21.8 Å². The van der Waals surface area contributed by atoms with E-state index < -0.39 is 10.0 Å². The van der Waals surface area contributed by atoms with Crippen LogP contribution in [-0.2, 0) is 16.4 Å². The van der Waals surface area contributed by atoms with Gasteiger partial charge in [0.15, 0.2) is 0 Å². The number of nitrogens with zero attached hydrogens (tertiary/aromatic N) is 2. The molecule has 0 saturated heterocycles. The van der Waals surface area contributed by atoms with Gasteiger partial charge in [-0.15, -0.1) is 11.3 Å². The van der Waals surface area contributed by atoms with Gasteiger partial charge in [-0.25, -0.2) is 13.4 Å². The third-order valence-corrected chi connectivity index (χ3v) is 6.60. The van der Waals surface area contributed by atoms with Crippen LogP contribution in [0.4, 0.5) is 11.4 Å². The molecule has 26 heavy (non-hydrogen) atoms. The summed E-state index contributed by atoms with van der Waals surface area (Å²) in [6.45, 7) is 0.541. The van der Waals surface area contributed by atoms with Gasteiger partial charge < -0.3 is 5.73 Å². The number of hydrogen-bond donors (Lipinski definition) is 1. The first-order valence-corrected chi connectivity index (χ1v) is 11.1. The number of benzene rings is 2. The Kier molecular flexibility index (Phi) is 4.20. The molecule has 0 bridgehead atoms. The minimum Gasteiger partial charge on any atom is -0.398 e. The molecule has 0 spiro atoms. The summed E-state index contributed by atoms with van der Waals surface area (Å²) in [6.07, 6.45) is 2.96. The molecular formula is C19H19N3O2S2. The molecule has 134 valence electrons. The molecule has 1 aliphatic heterocycles. The summed E-state index contributed by atoms with van der Waals surface area (Å²) in [4.78, 5) is 4.73. The predicted molar refractivity (Wildman–Crippen MR) is 108 cm³/mol. The Morgan fingerprint density at radius 3 is 2.77 bits per heavy atom. The highest BCUT2D eigenvalue weighted by molar-refractivity contribution is 7.92. The molecule has 0 saturated carbocycles. The topological polar surface area (TPSA) is 76.3 Å². The lowest BCUT2D eigenvalue weighted by molar-refractivity contribution is 0.592. The molecule has 2 heterocycles. The van der Waals surface area contributed by atoms with E-state index in [1.807, 2.05) is 41.8 Å². The SMILES string of the molecule is CS(=O)(=O)N1CCCc2cc(-c3csc(-c4ccccc4N)n3)ccc21. The maximum Gasteiger partial charge on any atom is 0.232 e. The van der Waals surface area contributed by atoms with Gasteiger partial charge in [-0.1, -0.05) is 18.2 Å². The zero-order chi connectivity index (χ0) is 18.3. The molecule has 7 heteroatoms. The van der Waals surface area contributed by atoms with Crippen molar-refractivity contribution >= 4 is 32.7 Å². The second-order valence-corrected chi connectivity index (χ2v) is 9.17. The Hall–Kier alpha value is -2.38. The van der Waals surface area contributed by atoms with E-state index in [0.717, 1.165) is 45.9 Å². The molecule has 0 amide bonds. The lowest BCUT2D eigenvalue weighted by Crippen LogP contribution is -2.34. The summed E-state index contributed by atoms with van der Waals surface area (Å²) >= 11 is 1.56. The third kappa shape index (κ3) is 3.08. The van der Waals surface area contributed by atoms with Crippen molar-refractivity contribution in [1.82, 2.24) is 4.98 Å². The van der Waals surface area contributed by atoms with Crippen LogP contribution < -0.4 is 10.0 Å². The normalized spacial score (nSPS) is 14.3. The Morgan fingerprint density at radius 1 is 1.19 bits per heavy atom. The zero-order valence-electron chi connectivity index (χ0n) is 14.3. The molecule has 3 aromatic rings. The maximum atomic E-state index is 12.0. The number of fused-ring (bicyclic) bond motifs is 1. The number of aryl methyl sites for hydroxylation is 1. The number of anilines is 2. The van der Waals surface area contributed by atoms with E-state index in [2.05, 4.69) is 6.07 Å². The second-order valence-electron chi connectivity index (χ2n) is 6.41. The summed E-state index contributed by atoms with van der Waals surface area (Å²) in [5.74, 6) is 0. The van der Waals surface area contributed by atoms with Gasteiger partial charge in [-0.3, -0.25) is 4.31 Å². The highest BCUT2D eigenvalue weighted by Gasteiger charge is 2.24. The average Bonchev–Trinajstić information content (AvgIpc) is 3.10. The van der Waals surface area contributed by atoms with Crippen LogP contribution in [0, 0.1) is 0 Å². The summed E-state index contributed by atoms with van der Waals surface area (Å²) in [5, 5.41) is 2.90. The van der Waals surface area contributed by atoms with Crippen LogP contribution >= 0.6 is 11.3 Å². The van der Waals surface area contributed by atoms with Crippen LogP contribution in [0.3, 0.4) is 0 Å². The van der Waals surface area contributed by atoms with Crippen LogP contribution in [0.5, 0.6) is 0 Å². The van der Waals surface area contributed by atoms with Crippen LogP contribution in [0.1, 0.15) is 12.0 Å². The van der Waals surface area contributed by atoms with Crippen molar-refractivity contribution in [2.45, 2.75) is 12.8 Å². The highest BCUT2D eigenvalue weighted by atomic mass is 32.2. The van der Waals surface area contributed by atoms with E-state index in [-0.39, 0.29) is 0 Å². The number of hydrogen-bond acceptors (Lipinski definition) is 5. The molecule has 0 aliphatic carbocycles. The molecule has 1 aromatic heterocycles. The van der Waals surface area contributed by atoms with Gasteiger partial charge in [0.1, 0.15) is 5.01 Å². The Morgan fingerprint density at radius 2 is 2.00 bits per heavy atom. The minimum absolute atomic E-state index is 0.541. The fourth-order valence-corrected chi connectivity index (χ4v) is 5.16. The maximum absolute atomic E-state index is 12.0. The average molecular weight is 386 g/mol. The molecule has 4 rings (SSSR count). The number of nitrogen functional groups attached to an aromatic ring is 1. The molecule has 0 unspecified atom stereocenters. The largest absolute Gasteiger partial charge is 0.398 e. The molecule has 0 atom stereocenters. The fraction of sp³-hybridized carbons (Fsp3) is 0.211. The summed E-state index contributed by atoms with van der Waals surface area (Å²) in [7, 11) is -3.25. The van der Waals surface area contributed by atoms with Crippen molar-refractivity contribution in [3.8, 4) is 21.8 Å². The van der Waals surface area contributed by atoms with Gasteiger partial charge >= 0.3 is 0 Å². The van der Waals surface area contributed by atoms with Gasteiger partial charge in [0.05, 0.1) is 17.6 Å². The summed E-state index contributed by atoms with van der Waals surface area (Å²) in [6, 6.07) is 13.6. The predicted octanol–water partition coefficient (Wildman–Crippen LogP) is 3.77. The van der Waals surface area contributed by atoms with E-state index in [0.29, 0.717) is 12.2 Å². The minimum atomic E-state index is -3.25. The van der Waals surface area contributed by atoms with E-state index in [1.165, 1.54) is 10.6 Å². The monoisotopic (exact) mass is 385 g/mol. The van der Waals surface area contributed by atoms with E-state index in [1.54, 1.807) is 11.3 Å². The number of aromatic nitrogens is 1. The van der Waals surface area contributed by atoms with Gasteiger partial charge in [-0.2, -0.15) is 0 Å². The Bertz CT molecular complexity index is 1070. The molecule has 2 aromatic carbocycles. The van der Waals surface area contributed by atoms with Gasteiger partial charge in [-0.05, 0) is 42.7 Å². The molecule has 0 radical (unpaired) electrons. The van der Waals surface area contributed by atoms with E-state index in [4.69, 9.17) is 10.7 Å². The number of nitrogens with two attached hydrogens (primary N) is 1. The smallest absolute Gasteiger partial charge is 0.232 e. The Labute approximate surface area is 157 Å². The quantitative estimate of drug-likeness (QED) is 0.696. The molecule has 2 N–H and O–H groups in total. The number of rotatable bonds is 3. The first-order chi connectivity index (χ1) is 12.4. The van der Waals surface area contributed by atoms with Gasteiger partial charge in [0, 0.05) is 28.7 Å². The lowest BCUT2D eigenvalue weighted by Gasteiger charge is -2.29. The molecule has 0 fully saturated rings. The van der Waals surface area contributed by atoms with Gasteiger partial charge in [0.2, 0.25) is 10.0 Å². The molecule has 1 aliphatic rings. The number of thiazole rings is 1. The number of para-hydroxylation sites is 1. The first kappa shape index (κ1) is 17.1. The van der Waals surface area contributed by atoms with E-state index in [9.17, 15) is 8.42 Å².